The van der Waals surface area contributed by atoms with Crippen molar-refractivity contribution >= 4 is 5.78 Å². The molecule has 6 aliphatic rings. The van der Waals surface area contributed by atoms with Crippen LogP contribution >= 0.6 is 0 Å². The van der Waals surface area contributed by atoms with E-state index in [0.29, 0.717) is 0 Å². The summed E-state index contributed by atoms with van der Waals surface area (Å²) in [7, 11) is 0. The summed E-state index contributed by atoms with van der Waals surface area (Å²) in [6.45, 7) is 10.2. The van der Waals surface area contributed by atoms with Gasteiger partial charge in [0.05, 0.1) is 6.10 Å². The van der Waals surface area contributed by atoms with Crippen LogP contribution in [-0.4, -0.2) is 45.1 Å². The lowest BCUT2D eigenvalue weighted by atomic mass is 9.37. The number of aliphatic hydroxyl groups is 3. The first-order valence-electron chi connectivity index (χ1n) is 10.4. The molecule has 6 heteroatoms. The average Bonchev–Trinajstić information content (AvgIpc) is 2.67. The number of Topliss-reactive ketones (excluding diaryl/α,β-unsaturated/α-hetero) is 1. The lowest BCUT2D eigenvalue weighted by Gasteiger charge is -2.67. The number of carbonyl (C=O) groups excluding carboxylic acids is 1. The Morgan fingerprint density at radius 2 is 1.70 bits per heavy atom. The molecule has 2 heterocycles. The smallest absolute Gasteiger partial charge is 0.227 e. The van der Waals surface area contributed by atoms with Gasteiger partial charge in [-0.05, 0) is 48.3 Å². The van der Waals surface area contributed by atoms with Crippen LogP contribution in [-0.2, 0) is 9.63 Å². The van der Waals surface area contributed by atoms with Crippen molar-refractivity contribution in [3.8, 4) is 0 Å². The molecule has 1 spiro atoms. The van der Waals surface area contributed by atoms with Crippen LogP contribution in [0.2, 0.25) is 0 Å². The topological polar surface area (TPSA) is 99.0 Å². The van der Waals surface area contributed by atoms with Crippen molar-refractivity contribution in [1.82, 2.24) is 5.48 Å². The zero-order chi connectivity index (χ0) is 19.8. The molecule has 9 atom stereocenters. The van der Waals surface area contributed by atoms with Gasteiger partial charge in [0.15, 0.2) is 5.78 Å². The van der Waals surface area contributed by atoms with E-state index in [-0.39, 0.29) is 35.0 Å². The minimum Gasteiger partial charge on any atom is -0.392 e. The third kappa shape index (κ3) is 1.61. The summed E-state index contributed by atoms with van der Waals surface area (Å²) >= 11 is 0. The molecule has 4 N–H and O–H groups in total. The number of hydrogen-bond donors (Lipinski definition) is 4. The van der Waals surface area contributed by atoms with Gasteiger partial charge in [-0.3, -0.25) is 9.63 Å². The molecular weight excluding hydrogens is 346 g/mol. The average molecular weight is 379 g/mol. The molecular formula is C21H33NO5. The fraction of sp³-hybridized carbons (Fsp3) is 0.952. The Morgan fingerprint density at radius 3 is 2.37 bits per heavy atom. The summed E-state index contributed by atoms with van der Waals surface area (Å²) < 4.78 is 0. The molecule has 0 amide bonds. The minimum absolute atomic E-state index is 0.0659. The van der Waals surface area contributed by atoms with Gasteiger partial charge in [-0.15, -0.1) is 0 Å². The number of hydrogen-bond acceptors (Lipinski definition) is 6. The maximum absolute atomic E-state index is 13.9. The predicted molar refractivity (Wildman–Crippen MR) is 97.0 cm³/mol. The second-order valence-electron chi connectivity index (χ2n) is 11.4. The minimum atomic E-state index is -2.12. The van der Waals surface area contributed by atoms with Crippen LogP contribution in [0.15, 0.2) is 0 Å². The van der Waals surface area contributed by atoms with Crippen molar-refractivity contribution in [3.05, 3.63) is 0 Å². The highest BCUT2D eigenvalue weighted by Crippen LogP contribution is 2.76. The van der Waals surface area contributed by atoms with E-state index in [1.165, 1.54) is 0 Å². The van der Waals surface area contributed by atoms with E-state index in [1.54, 1.807) is 0 Å². The molecule has 0 aromatic heterocycles. The number of aliphatic hydroxyl groups excluding tert-OH is 2. The molecule has 4 saturated carbocycles. The molecule has 27 heavy (non-hydrogen) atoms. The number of rotatable bonds is 0. The number of fused-ring (bicyclic) bond motifs is 2. The van der Waals surface area contributed by atoms with E-state index in [9.17, 15) is 20.1 Å². The first-order valence-corrected chi connectivity index (χ1v) is 10.4. The van der Waals surface area contributed by atoms with Crippen molar-refractivity contribution in [3.63, 3.8) is 0 Å². The summed E-state index contributed by atoms with van der Waals surface area (Å²) in [5.41, 5.74) is 0.163. The molecule has 0 radical (unpaired) electrons. The summed E-state index contributed by atoms with van der Waals surface area (Å²) in [6, 6.07) is -0.0659. The van der Waals surface area contributed by atoms with Crippen LogP contribution in [0.3, 0.4) is 0 Å². The van der Waals surface area contributed by atoms with Gasteiger partial charge in [0, 0.05) is 17.4 Å². The summed E-state index contributed by atoms with van der Waals surface area (Å²) in [5, 5.41) is 34.9. The lowest BCUT2D eigenvalue weighted by molar-refractivity contribution is -0.382. The fourth-order valence-corrected chi connectivity index (χ4v) is 8.66. The quantitative estimate of drug-likeness (QED) is 0.508. The first-order chi connectivity index (χ1) is 12.4. The molecule has 6 fully saturated rings. The largest absolute Gasteiger partial charge is 0.392 e. The number of hydroxylamine groups is 1. The monoisotopic (exact) mass is 379 g/mol. The van der Waals surface area contributed by atoms with Gasteiger partial charge in [-0.25, -0.2) is 0 Å². The number of ketones is 1. The van der Waals surface area contributed by atoms with Crippen LogP contribution in [0, 0.1) is 39.4 Å². The second-order valence-corrected chi connectivity index (χ2v) is 11.4. The molecule has 6 bridgehead atoms. The Morgan fingerprint density at radius 1 is 1.04 bits per heavy atom. The molecule has 152 valence electrons. The highest BCUT2D eigenvalue weighted by Gasteiger charge is 2.86. The lowest BCUT2D eigenvalue weighted by Crippen LogP contribution is -2.78. The standard InChI is InChI=1S/C21H33NO5/c1-17(2)9-8-12-19(5)11-7-6-10-14(23)20(11,16(25)18(10,3)4)21(26,27-22-12)15(24)13(17)19/h10-15,22-24,26H,6-9H2,1-5H3/t10-,11+,12-,13-,14+,15+,19-,20-,21-/m1/s1. The van der Waals surface area contributed by atoms with E-state index in [1.807, 2.05) is 13.8 Å². The zero-order valence-electron chi connectivity index (χ0n) is 17.0. The molecule has 6 rings (SSSR count). The Hall–Kier alpha value is -0.530. The molecule has 0 aromatic carbocycles. The third-order valence-corrected chi connectivity index (χ3v) is 9.81. The normalized spacial score (nSPS) is 60.1. The van der Waals surface area contributed by atoms with E-state index in [0.717, 1.165) is 25.7 Å². The number of nitrogens with one attached hydrogen (secondary N) is 1. The highest BCUT2D eigenvalue weighted by molar-refractivity contribution is 5.95. The van der Waals surface area contributed by atoms with Gasteiger partial charge >= 0.3 is 0 Å². The van der Waals surface area contributed by atoms with Crippen LogP contribution < -0.4 is 5.48 Å². The van der Waals surface area contributed by atoms with Crippen LogP contribution in [0.1, 0.15) is 60.3 Å². The van der Waals surface area contributed by atoms with Crippen LogP contribution in [0.25, 0.3) is 0 Å². The number of carbonyl (C=O) groups is 1. The molecule has 0 unspecified atom stereocenters. The van der Waals surface area contributed by atoms with Gasteiger partial charge in [-0.2, -0.15) is 5.48 Å². The highest BCUT2D eigenvalue weighted by atomic mass is 16.8. The Balaban J connectivity index is 1.83. The fourth-order valence-electron chi connectivity index (χ4n) is 8.66. The molecule has 0 aromatic rings. The SMILES string of the molecule is CC1(C)CC[C@H]2NO[C@]3(O)[C@@H](O)[C@H]1[C@]2(C)[C@@H]1CC[C@@H]2[C@H](O)[C@@]13C(=O)C2(C)C. The van der Waals surface area contributed by atoms with Crippen LogP contribution in [0.5, 0.6) is 0 Å². The van der Waals surface area contributed by atoms with Gasteiger partial charge in [-0.1, -0.05) is 34.6 Å². The molecule has 2 aliphatic heterocycles. The van der Waals surface area contributed by atoms with Crippen molar-refractivity contribution in [2.45, 2.75) is 84.3 Å². The Kier molecular flexibility index (Phi) is 3.28. The third-order valence-electron chi connectivity index (χ3n) is 9.81. The molecule has 6 nitrogen and oxygen atoms in total. The van der Waals surface area contributed by atoms with Gasteiger partial charge in [0.1, 0.15) is 11.5 Å². The van der Waals surface area contributed by atoms with Gasteiger partial charge in [0.25, 0.3) is 0 Å². The summed E-state index contributed by atoms with van der Waals surface area (Å²) in [6.07, 6.45) is 1.03. The van der Waals surface area contributed by atoms with Crippen molar-refractivity contribution < 1.29 is 25.0 Å². The van der Waals surface area contributed by atoms with Gasteiger partial charge < -0.3 is 15.3 Å². The van der Waals surface area contributed by atoms with Gasteiger partial charge in [0.2, 0.25) is 5.79 Å². The van der Waals surface area contributed by atoms with Crippen molar-refractivity contribution in [2.75, 3.05) is 0 Å². The van der Waals surface area contributed by atoms with E-state index < -0.39 is 34.2 Å². The van der Waals surface area contributed by atoms with E-state index in [4.69, 9.17) is 4.84 Å². The zero-order valence-corrected chi connectivity index (χ0v) is 17.0. The summed E-state index contributed by atoms with van der Waals surface area (Å²) in [4.78, 5) is 19.7. The van der Waals surface area contributed by atoms with E-state index >= 15 is 0 Å². The molecule has 2 saturated heterocycles. The first kappa shape index (κ1) is 18.5. The Labute approximate surface area is 160 Å². The van der Waals surface area contributed by atoms with E-state index in [2.05, 4.69) is 26.3 Å². The Bertz CT molecular complexity index is 721. The summed E-state index contributed by atoms with van der Waals surface area (Å²) in [5.74, 6) is -2.96. The maximum Gasteiger partial charge on any atom is 0.227 e. The van der Waals surface area contributed by atoms with Crippen molar-refractivity contribution in [1.29, 1.82) is 0 Å². The van der Waals surface area contributed by atoms with Crippen molar-refractivity contribution in [2.24, 2.45) is 39.4 Å². The second kappa shape index (κ2) is 4.78. The van der Waals surface area contributed by atoms with Crippen LogP contribution in [0.4, 0.5) is 0 Å². The predicted octanol–water partition coefficient (Wildman–Crippen LogP) is 1.38. The maximum atomic E-state index is 13.9. The molecule has 4 aliphatic carbocycles.